The van der Waals surface area contributed by atoms with Gasteiger partial charge in [0.15, 0.2) is 11.5 Å². The number of nitrogens with one attached hydrogen (secondary N) is 1. The van der Waals surface area contributed by atoms with Crippen molar-refractivity contribution in [3.05, 3.63) is 39.8 Å². The molecule has 1 N–H and O–H groups in total. The normalized spacial score (nSPS) is 10.7. The van der Waals surface area contributed by atoms with Crippen LogP contribution < -0.4 is 14.8 Å². The number of ether oxygens (including phenoxy) is 3. The molecule has 6 nitrogen and oxygen atoms in total. The van der Waals surface area contributed by atoms with Crippen LogP contribution in [0.4, 0.5) is 8.78 Å². The molecule has 0 bridgehead atoms. The van der Waals surface area contributed by atoms with E-state index in [1.54, 1.807) is 18.6 Å². The van der Waals surface area contributed by atoms with E-state index in [2.05, 4.69) is 15.0 Å². The van der Waals surface area contributed by atoms with Gasteiger partial charge in [-0.05, 0) is 17.7 Å². The number of nitrogens with zero attached hydrogens (tertiary/aromatic N) is 1. The third-order valence-corrected chi connectivity index (χ3v) is 3.77. The summed E-state index contributed by atoms with van der Waals surface area (Å²) >= 11 is 1.33. The van der Waals surface area contributed by atoms with E-state index < -0.39 is 6.61 Å². The second-order valence-electron chi connectivity index (χ2n) is 4.61. The average molecular weight is 358 g/mol. The Balaban J connectivity index is 1.99. The van der Waals surface area contributed by atoms with Gasteiger partial charge in [0.25, 0.3) is 5.91 Å². The number of carbonyl (C=O) groups is 1. The lowest BCUT2D eigenvalue weighted by Crippen LogP contribution is -2.23. The van der Waals surface area contributed by atoms with Gasteiger partial charge in [0, 0.05) is 19.0 Å². The number of halogens is 2. The molecule has 1 heterocycles. The molecule has 9 heteroatoms. The Morgan fingerprint density at radius 3 is 2.79 bits per heavy atom. The summed E-state index contributed by atoms with van der Waals surface area (Å²) in [6, 6.07) is 4.46. The number of hydrogen-bond acceptors (Lipinski definition) is 6. The first-order valence-corrected chi connectivity index (χ1v) is 7.74. The largest absolute Gasteiger partial charge is 0.493 e. The molecule has 0 spiro atoms. The third-order valence-electron chi connectivity index (χ3n) is 2.95. The Hall–Kier alpha value is -2.26. The van der Waals surface area contributed by atoms with Crippen molar-refractivity contribution in [2.24, 2.45) is 0 Å². The fourth-order valence-corrected chi connectivity index (χ4v) is 2.64. The van der Waals surface area contributed by atoms with E-state index in [-0.39, 0.29) is 24.0 Å². The predicted molar refractivity (Wildman–Crippen MR) is 83.6 cm³/mol. The van der Waals surface area contributed by atoms with Gasteiger partial charge in [-0.25, -0.2) is 4.98 Å². The molecule has 1 amide bonds. The molecule has 1 aromatic carbocycles. The number of thiazole rings is 1. The van der Waals surface area contributed by atoms with Crippen LogP contribution in [-0.4, -0.2) is 31.7 Å². The summed E-state index contributed by atoms with van der Waals surface area (Å²) in [5, 5.41) is 5.05. The van der Waals surface area contributed by atoms with Crippen molar-refractivity contribution in [1.82, 2.24) is 10.3 Å². The summed E-state index contributed by atoms with van der Waals surface area (Å²) in [4.78, 5) is 16.2. The highest BCUT2D eigenvalue weighted by Crippen LogP contribution is 2.29. The van der Waals surface area contributed by atoms with Gasteiger partial charge in [0.1, 0.15) is 10.7 Å². The van der Waals surface area contributed by atoms with Crippen molar-refractivity contribution in [1.29, 1.82) is 0 Å². The maximum absolute atomic E-state index is 12.3. The third kappa shape index (κ3) is 4.87. The molecule has 2 aromatic rings. The van der Waals surface area contributed by atoms with Gasteiger partial charge < -0.3 is 19.5 Å². The smallest absolute Gasteiger partial charge is 0.387 e. The monoisotopic (exact) mass is 358 g/mol. The molecular formula is C15H16F2N2O4S. The molecule has 0 saturated heterocycles. The van der Waals surface area contributed by atoms with Gasteiger partial charge >= 0.3 is 6.61 Å². The van der Waals surface area contributed by atoms with Crippen molar-refractivity contribution in [3.8, 4) is 11.5 Å². The lowest BCUT2D eigenvalue weighted by atomic mass is 10.2. The number of hydrogen-bond donors (Lipinski definition) is 1. The molecule has 0 fully saturated rings. The zero-order chi connectivity index (χ0) is 17.5. The molecule has 24 heavy (non-hydrogen) atoms. The predicted octanol–water partition coefficient (Wildman–Crippen LogP) is 2.83. The summed E-state index contributed by atoms with van der Waals surface area (Å²) < 4.78 is 38.9. The lowest BCUT2D eigenvalue weighted by molar-refractivity contribution is -0.0512. The highest BCUT2D eigenvalue weighted by atomic mass is 32.1. The maximum atomic E-state index is 12.3. The van der Waals surface area contributed by atoms with Crippen LogP contribution in [0.2, 0.25) is 0 Å². The number of amides is 1. The number of benzene rings is 1. The Morgan fingerprint density at radius 1 is 1.33 bits per heavy atom. The average Bonchev–Trinajstić information content (AvgIpc) is 3.02. The Labute approximate surface area is 141 Å². The summed E-state index contributed by atoms with van der Waals surface area (Å²) in [6.45, 7) is -2.39. The van der Waals surface area contributed by atoms with Crippen LogP contribution in [0, 0.1) is 0 Å². The van der Waals surface area contributed by atoms with Crippen LogP contribution in [0.1, 0.15) is 21.1 Å². The Morgan fingerprint density at radius 2 is 2.12 bits per heavy atom. The number of rotatable bonds is 8. The lowest BCUT2D eigenvalue weighted by Gasteiger charge is -2.11. The number of alkyl halides is 2. The first-order chi connectivity index (χ1) is 11.5. The van der Waals surface area contributed by atoms with Gasteiger partial charge in [-0.2, -0.15) is 8.78 Å². The van der Waals surface area contributed by atoms with E-state index in [9.17, 15) is 13.6 Å². The van der Waals surface area contributed by atoms with Gasteiger partial charge in [-0.3, -0.25) is 4.79 Å². The molecule has 0 unspecified atom stereocenters. The number of methoxy groups -OCH3 is 2. The minimum absolute atomic E-state index is 0.0636. The van der Waals surface area contributed by atoms with Crippen LogP contribution in [-0.2, 0) is 17.9 Å². The van der Waals surface area contributed by atoms with E-state index in [0.29, 0.717) is 22.9 Å². The molecule has 0 aliphatic carbocycles. The zero-order valence-corrected chi connectivity index (χ0v) is 13.9. The molecule has 0 aliphatic rings. The Bertz CT molecular complexity index is 694. The molecular weight excluding hydrogens is 342 g/mol. The van der Waals surface area contributed by atoms with Crippen molar-refractivity contribution < 1.29 is 27.8 Å². The standard InChI is InChI=1S/C15H16F2N2O4S/c1-21-7-13-19-10(8-24-13)14(20)18-6-9-3-4-11(23-15(16)17)12(5-9)22-2/h3-5,8,15H,6-7H2,1-2H3,(H,18,20). The minimum atomic E-state index is -2.93. The van der Waals surface area contributed by atoms with E-state index in [1.165, 1.54) is 30.6 Å². The van der Waals surface area contributed by atoms with Crippen LogP contribution >= 0.6 is 11.3 Å². The fourth-order valence-electron chi connectivity index (χ4n) is 1.89. The van der Waals surface area contributed by atoms with Crippen molar-refractivity contribution in [3.63, 3.8) is 0 Å². The van der Waals surface area contributed by atoms with E-state index >= 15 is 0 Å². The molecule has 0 saturated carbocycles. The van der Waals surface area contributed by atoms with E-state index in [4.69, 9.17) is 9.47 Å². The van der Waals surface area contributed by atoms with Crippen LogP contribution in [0.15, 0.2) is 23.6 Å². The zero-order valence-electron chi connectivity index (χ0n) is 13.0. The van der Waals surface area contributed by atoms with Crippen molar-refractivity contribution >= 4 is 17.2 Å². The second-order valence-corrected chi connectivity index (χ2v) is 5.55. The topological polar surface area (TPSA) is 69.7 Å². The molecule has 0 radical (unpaired) electrons. The maximum Gasteiger partial charge on any atom is 0.387 e. The highest BCUT2D eigenvalue weighted by Gasteiger charge is 2.13. The first kappa shape index (κ1) is 18.1. The summed E-state index contributed by atoms with van der Waals surface area (Å²) in [6.07, 6.45) is 0. The number of carbonyl (C=O) groups excluding carboxylic acids is 1. The first-order valence-electron chi connectivity index (χ1n) is 6.86. The summed E-state index contributed by atoms with van der Waals surface area (Å²) in [7, 11) is 2.90. The molecule has 0 aliphatic heterocycles. The summed E-state index contributed by atoms with van der Waals surface area (Å²) in [5.41, 5.74) is 0.978. The van der Waals surface area contributed by atoms with Crippen LogP contribution in [0.5, 0.6) is 11.5 Å². The van der Waals surface area contributed by atoms with E-state index in [1.807, 2.05) is 0 Å². The molecule has 0 atom stereocenters. The highest BCUT2D eigenvalue weighted by molar-refractivity contribution is 7.09. The quantitative estimate of drug-likeness (QED) is 0.786. The van der Waals surface area contributed by atoms with Gasteiger partial charge in [-0.15, -0.1) is 11.3 Å². The van der Waals surface area contributed by atoms with Gasteiger partial charge in [0.05, 0.1) is 13.7 Å². The minimum Gasteiger partial charge on any atom is -0.493 e. The fraction of sp³-hybridized carbons (Fsp3) is 0.333. The van der Waals surface area contributed by atoms with Gasteiger partial charge in [0.2, 0.25) is 0 Å². The van der Waals surface area contributed by atoms with Gasteiger partial charge in [-0.1, -0.05) is 6.07 Å². The molecule has 130 valence electrons. The molecule has 2 rings (SSSR count). The van der Waals surface area contributed by atoms with Crippen molar-refractivity contribution in [2.45, 2.75) is 19.8 Å². The summed E-state index contributed by atoms with van der Waals surface area (Å²) in [5.74, 6) is -0.232. The molecule has 1 aromatic heterocycles. The van der Waals surface area contributed by atoms with Crippen LogP contribution in [0.3, 0.4) is 0 Å². The Kier molecular flexibility index (Phi) is 6.44. The second kappa shape index (κ2) is 8.55. The SMILES string of the molecule is COCc1nc(C(=O)NCc2ccc(OC(F)F)c(OC)c2)cs1. The van der Waals surface area contributed by atoms with Crippen LogP contribution in [0.25, 0.3) is 0 Å². The number of aromatic nitrogens is 1. The van der Waals surface area contributed by atoms with E-state index in [0.717, 1.165) is 0 Å². The van der Waals surface area contributed by atoms with Crippen molar-refractivity contribution in [2.75, 3.05) is 14.2 Å².